The molecule has 0 fully saturated rings. The fourth-order valence-corrected chi connectivity index (χ4v) is 2.12. The van der Waals surface area contributed by atoms with Gasteiger partial charge in [-0.25, -0.2) is 4.39 Å². The zero-order valence-electron chi connectivity index (χ0n) is 9.82. The van der Waals surface area contributed by atoms with Crippen LogP contribution in [0.15, 0.2) is 22.7 Å². The Balaban J connectivity index is 2.68. The molecule has 1 nitrogen and oxygen atoms in total. The average molecular weight is 328 g/mol. The Kier molecular flexibility index (Phi) is 5.59. The lowest BCUT2D eigenvalue weighted by molar-refractivity contribution is -0.135. The predicted molar refractivity (Wildman–Crippen MR) is 65.8 cm³/mol. The minimum Gasteiger partial charge on any atom is -0.313 e. The summed E-state index contributed by atoms with van der Waals surface area (Å²) in [4.78, 5) is 0. The molecular formula is C12H14BrF4N. The molecule has 1 atom stereocenters. The van der Waals surface area contributed by atoms with E-state index in [0.717, 1.165) is 0 Å². The first-order valence-corrected chi connectivity index (χ1v) is 6.32. The van der Waals surface area contributed by atoms with Crippen LogP contribution in [-0.2, 0) is 0 Å². The second-order valence-corrected chi connectivity index (χ2v) is 4.93. The Morgan fingerprint density at radius 2 is 2.00 bits per heavy atom. The zero-order chi connectivity index (χ0) is 13.8. The molecule has 0 aliphatic heterocycles. The van der Waals surface area contributed by atoms with E-state index in [0.29, 0.717) is 10.0 Å². The van der Waals surface area contributed by atoms with Gasteiger partial charge in [-0.1, -0.05) is 15.9 Å². The Morgan fingerprint density at radius 3 is 2.56 bits per heavy atom. The van der Waals surface area contributed by atoms with Crippen LogP contribution in [0.5, 0.6) is 0 Å². The highest BCUT2D eigenvalue weighted by Crippen LogP contribution is 2.28. The molecule has 1 aromatic carbocycles. The van der Waals surface area contributed by atoms with Crippen LogP contribution in [0.25, 0.3) is 0 Å². The molecule has 0 aliphatic rings. The fourth-order valence-electron chi connectivity index (χ4n) is 1.74. The molecule has 1 N–H and O–H groups in total. The number of nitrogens with one attached hydrogen (secondary N) is 1. The SMILES string of the molecule is CNC(CCCC(F)(F)F)c1cc(Br)ccc1F. The Labute approximate surface area is 112 Å². The van der Waals surface area contributed by atoms with Crippen LogP contribution in [0.2, 0.25) is 0 Å². The lowest BCUT2D eigenvalue weighted by Gasteiger charge is -2.18. The van der Waals surface area contributed by atoms with Crippen LogP contribution in [0, 0.1) is 5.82 Å². The summed E-state index contributed by atoms with van der Waals surface area (Å²) in [6.07, 6.45) is -4.79. The van der Waals surface area contributed by atoms with Crippen molar-refractivity contribution in [3.8, 4) is 0 Å². The van der Waals surface area contributed by atoms with Crippen molar-refractivity contribution in [2.24, 2.45) is 0 Å². The Hall–Kier alpha value is -0.620. The van der Waals surface area contributed by atoms with Gasteiger partial charge in [0.05, 0.1) is 0 Å². The van der Waals surface area contributed by atoms with Crippen molar-refractivity contribution in [1.29, 1.82) is 0 Å². The van der Waals surface area contributed by atoms with Gasteiger partial charge in [0.15, 0.2) is 0 Å². The van der Waals surface area contributed by atoms with E-state index in [1.165, 1.54) is 6.07 Å². The van der Waals surface area contributed by atoms with E-state index < -0.39 is 24.5 Å². The maximum atomic E-state index is 13.6. The van der Waals surface area contributed by atoms with Crippen molar-refractivity contribution < 1.29 is 17.6 Å². The molecule has 102 valence electrons. The van der Waals surface area contributed by atoms with E-state index in [4.69, 9.17) is 0 Å². The van der Waals surface area contributed by atoms with Gasteiger partial charge in [0.25, 0.3) is 0 Å². The van der Waals surface area contributed by atoms with Crippen LogP contribution in [-0.4, -0.2) is 13.2 Å². The van der Waals surface area contributed by atoms with Crippen LogP contribution in [0.3, 0.4) is 0 Å². The van der Waals surface area contributed by atoms with Gasteiger partial charge in [-0.05, 0) is 38.1 Å². The van der Waals surface area contributed by atoms with E-state index in [2.05, 4.69) is 21.2 Å². The highest BCUT2D eigenvalue weighted by Gasteiger charge is 2.27. The first-order valence-electron chi connectivity index (χ1n) is 5.52. The monoisotopic (exact) mass is 327 g/mol. The average Bonchev–Trinajstić information content (AvgIpc) is 2.27. The molecule has 0 saturated carbocycles. The third kappa shape index (κ3) is 4.94. The molecule has 1 rings (SSSR count). The van der Waals surface area contributed by atoms with Crippen molar-refractivity contribution in [2.45, 2.75) is 31.5 Å². The minimum atomic E-state index is -4.16. The molecule has 0 amide bonds. The zero-order valence-corrected chi connectivity index (χ0v) is 11.4. The molecule has 1 aromatic rings. The van der Waals surface area contributed by atoms with E-state index in [9.17, 15) is 17.6 Å². The number of benzene rings is 1. The normalized spacial score (nSPS) is 13.7. The molecular weight excluding hydrogens is 314 g/mol. The largest absolute Gasteiger partial charge is 0.389 e. The van der Waals surface area contributed by atoms with Crippen molar-refractivity contribution in [2.75, 3.05) is 7.05 Å². The molecule has 0 radical (unpaired) electrons. The summed E-state index contributed by atoms with van der Waals surface area (Å²) in [6, 6.07) is 4.03. The van der Waals surface area contributed by atoms with Gasteiger partial charge in [-0.3, -0.25) is 0 Å². The molecule has 18 heavy (non-hydrogen) atoms. The maximum Gasteiger partial charge on any atom is 0.389 e. The third-order valence-corrected chi connectivity index (χ3v) is 3.13. The quantitative estimate of drug-likeness (QED) is 0.780. The highest BCUT2D eigenvalue weighted by molar-refractivity contribution is 9.10. The van der Waals surface area contributed by atoms with E-state index in [1.54, 1.807) is 19.2 Å². The summed E-state index contributed by atoms with van der Waals surface area (Å²) in [6.45, 7) is 0. The number of halogens is 5. The smallest absolute Gasteiger partial charge is 0.313 e. The van der Waals surface area contributed by atoms with Gasteiger partial charge in [0.2, 0.25) is 0 Å². The standard InChI is InChI=1S/C12H14BrF4N/c1-18-11(3-2-6-12(15,16)17)9-7-8(13)4-5-10(9)14/h4-5,7,11,18H,2-3,6H2,1H3. The summed E-state index contributed by atoms with van der Waals surface area (Å²) < 4.78 is 50.5. The van der Waals surface area contributed by atoms with E-state index in [-0.39, 0.29) is 12.8 Å². The Bertz CT molecular complexity index is 392. The number of hydrogen-bond donors (Lipinski definition) is 1. The van der Waals surface area contributed by atoms with E-state index >= 15 is 0 Å². The van der Waals surface area contributed by atoms with Gasteiger partial charge >= 0.3 is 6.18 Å². The summed E-state index contributed by atoms with van der Waals surface area (Å²) in [5.41, 5.74) is 0.383. The topological polar surface area (TPSA) is 12.0 Å². The van der Waals surface area contributed by atoms with E-state index in [1.807, 2.05) is 0 Å². The molecule has 0 saturated heterocycles. The predicted octanol–water partition coefficient (Wildman–Crippen LogP) is 4.58. The van der Waals surface area contributed by atoms with Crippen LogP contribution < -0.4 is 5.32 Å². The molecule has 0 bridgehead atoms. The second kappa shape index (κ2) is 6.52. The van der Waals surface area contributed by atoms with Gasteiger partial charge < -0.3 is 5.32 Å². The third-order valence-electron chi connectivity index (χ3n) is 2.63. The lowest BCUT2D eigenvalue weighted by Crippen LogP contribution is -2.18. The van der Waals surface area contributed by atoms with Gasteiger partial charge in [0, 0.05) is 22.5 Å². The van der Waals surface area contributed by atoms with Gasteiger partial charge in [0.1, 0.15) is 5.82 Å². The molecule has 0 aromatic heterocycles. The Morgan fingerprint density at radius 1 is 1.33 bits per heavy atom. The first-order chi connectivity index (χ1) is 8.33. The van der Waals surface area contributed by atoms with Gasteiger partial charge in [-0.15, -0.1) is 0 Å². The number of alkyl halides is 3. The van der Waals surface area contributed by atoms with Crippen molar-refractivity contribution in [1.82, 2.24) is 5.32 Å². The molecule has 1 unspecified atom stereocenters. The first kappa shape index (κ1) is 15.4. The summed E-state index contributed by atoms with van der Waals surface area (Å²) in [7, 11) is 1.61. The summed E-state index contributed by atoms with van der Waals surface area (Å²) in [5.74, 6) is -0.412. The maximum absolute atomic E-state index is 13.6. The van der Waals surface area contributed by atoms with Crippen LogP contribution in [0.1, 0.15) is 30.9 Å². The minimum absolute atomic E-state index is 0.0268. The fraction of sp³-hybridized carbons (Fsp3) is 0.500. The lowest BCUT2D eigenvalue weighted by atomic mass is 10.0. The molecule has 0 aliphatic carbocycles. The number of rotatable bonds is 5. The number of hydrogen-bond acceptors (Lipinski definition) is 1. The second-order valence-electron chi connectivity index (χ2n) is 4.01. The van der Waals surface area contributed by atoms with Crippen molar-refractivity contribution in [3.05, 3.63) is 34.1 Å². The van der Waals surface area contributed by atoms with Crippen molar-refractivity contribution >= 4 is 15.9 Å². The summed E-state index contributed by atoms with van der Waals surface area (Å²) in [5, 5.41) is 2.84. The highest BCUT2D eigenvalue weighted by atomic mass is 79.9. The summed E-state index contributed by atoms with van der Waals surface area (Å²) >= 11 is 3.22. The van der Waals surface area contributed by atoms with Crippen molar-refractivity contribution in [3.63, 3.8) is 0 Å². The molecule has 0 spiro atoms. The molecule has 0 heterocycles. The van der Waals surface area contributed by atoms with Crippen LogP contribution in [0.4, 0.5) is 17.6 Å². The molecule has 6 heteroatoms. The van der Waals surface area contributed by atoms with Crippen LogP contribution >= 0.6 is 15.9 Å². The van der Waals surface area contributed by atoms with Gasteiger partial charge in [-0.2, -0.15) is 13.2 Å².